The number of oxazole rings is 1. The Morgan fingerprint density at radius 3 is 2.61 bits per heavy atom. The first-order valence-electron chi connectivity index (χ1n) is 9.69. The molecule has 1 aliphatic carbocycles. The van der Waals surface area contributed by atoms with Gasteiger partial charge in [-0.25, -0.2) is 9.37 Å². The molecule has 6 nitrogen and oxygen atoms in total. The largest absolute Gasteiger partial charge is 0.404 e. The van der Waals surface area contributed by atoms with E-state index in [9.17, 15) is 9.18 Å². The molecule has 28 heavy (non-hydrogen) atoms. The van der Waals surface area contributed by atoms with Crippen molar-refractivity contribution >= 4 is 23.2 Å². The van der Waals surface area contributed by atoms with Gasteiger partial charge in [0, 0.05) is 32.2 Å². The lowest BCUT2D eigenvalue weighted by atomic mass is 10.1. The SMILES string of the molecule is O=C(Cc1ccc(C2CC2)cc1)N1CCN(c2nc3cc(F)cnc3o2)CC1. The maximum absolute atomic E-state index is 13.3. The standard InChI is InChI=1S/C21H21FN4O2/c22-17-12-18-20(23-13-17)28-21(24-18)26-9-7-25(8-10-26)19(27)11-14-1-3-15(4-2-14)16-5-6-16/h1-4,12-13,16H,5-11H2. The number of hydrogen-bond donors (Lipinski definition) is 0. The number of anilines is 1. The molecule has 2 fully saturated rings. The molecule has 0 bridgehead atoms. The van der Waals surface area contributed by atoms with Gasteiger partial charge < -0.3 is 14.2 Å². The number of pyridine rings is 1. The number of halogens is 1. The number of benzene rings is 1. The van der Waals surface area contributed by atoms with Crippen molar-refractivity contribution in [3.05, 3.63) is 53.5 Å². The van der Waals surface area contributed by atoms with Gasteiger partial charge in [-0.2, -0.15) is 4.98 Å². The van der Waals surface area contributed by atoms with E-state index < -0.39 is 5.82 Å². The molecule has 5 rings (SSSR count). The Balaban J connectivity index is 1.19. The molecule has 0 unspecified atom stereocenters. The van der Waals surface area contributed by atoms with Crippen LogP contribution in [0.2, 0.25) is 0 Å². The molecule has 0 radical (unpaired) electrons. The highest BCUT2D eigenvalue weighted by molar-refractivity contribution is 5.79. The van der Waals surface area contributed by atoms with Crippen LogP contribution in [-0.4, -0.2) is 47.0 Å². The molecule has 0 N–H and O–H groups in total. The van der Waals surface area contributed by atoms with E-state index in [2.05, 4.69) is 34.2 Å². The lowest BCUT2D eigenvalue weighted by molar-refractivity contribution is -0.130. The highest BCUT2D eigenvalue weighted by Gasteiger charge is 2.25. The van der Waals surface area contributed by atoms with Crippen LogP contribution >= 0.6 is 0 Å². The Labute approximate surface area is 162 Å². The lowest BCUT2D eigenvalue weighted by Gasteiger charge is -2.33. The molecule has 2 aliphatic rings. The van der Waals surface area contributed by atoms with Crippen LogP contribution in [0.5, 0.6) is 0 Å². The fourth-order valence-electron chi connectivity index (χ4n) is 3.68. The van der Waals surface area contributed by atoms with Crippen LogP contribution in [0, 0.1) is 5.82 Å². The summed E-state index contributed by atoms with van der Waals surface area (Å²) in [5.74, 6) is 0.435. The Hall–Kier alpha value is -2.96. The smallest absolute Gasteiger partial charge is 0.299 e. The summed E-state index contributed by atoms with van der Waals surface area (Å²) in [6, 6.07) is 10.2. The summed E-state index contributed by atoms with van der Waals surface area (Å²) in [7, 11) is 0. The van der Waals surface area contributed by atoms with Crippen LogP contribution < -0.4 is 4.90 Å². The molecule has 1 saturated carbocycles. The van der Waals surface area contributed by atoms with Gasteiger partial charge in [-0.15, -0.1) is 0 Å². The molecule has 1 aliphatic heterocycles. The first kappa shape index (κ1) is 17.2. The number of fused-ring (bicyclic) bond motifs is 1. The molecule has 0 atom stereocenters. The minimum Gasteiger partial charge on any atom is -0.404 e. The van der Waals surface area contributed by atoms with E-state index in [4.69, 9.17) is 4.42 Å². The number of piperazine rings is 1. The van der Waals surface area contributed by atoms with Crippen LogP contribution in [0.15, 0.2) is 40.9 Å². The minimum atomic E-state index is -0.437. The average Bonchev–Trinajstić information content (AvgIpc) is 3.48. The zero-order valence-corrected chi connectivity index (χ0v) is 15.5. The van der Waals surface area contributed by atoms with Crippen LogP contribution in [-0.2, 0) is 11.2 Å². The van der Waals surface area contributed by atoms with Gasteiger partial charge in [-0.1, -0.05) is 24.3 Å². The van der Waals surface area contributed by atoms with Crippen molar-refractivity contribution in [2.45, 2.75) is 25.2 Å². The summed E-state index contributed by atoms with van der Waals surface area (Å²) in [6.45, 7) is 2.47. The Kier molecular flexibility index (Phi) is 4.22. The van der Waals surface area contributed by atoms with Gasteiger partial charge in [0.05, 0.1) is 12.6 Å². The highest BCUT2D eigenvalue weighted by Crippen LogP contribution is 2.39. The Bertz CT molecular complexity index is 1000. The average molecular weight is 380 g/mol. The number of rotatable bonds is 4. The number of hydrogen-bond acceptors (Lipinski definition) is 5. The maximum Gasteiger partial charge on any atom is 0.299 e. The molecule has 2 aromatic heterocycles. The van der Waals surface area contributed by atoms with Gasteiger partial charge >= 0.3 is 0 Å². The summed E-state index contributed by atoms with van der Waals surface area (Å²) in [6.07, 6.45) is 4.11. The molecular formula is C21H21FN4O2. The van der Waals surface area contributed by atoms with Gasteiger partial charge in [0.2, 0.25) is 11.6 Å². The van der Waals surface area contributed by atoms with Gasteiger partial charge in [0.1, 0.15) is 11.3 Å². The minimum absolute atomic E-state index is 0.139. The van der Waals surface area contributed by atoms with E-state index in [1.165, 1.54) is 24.5 Å². The van der Waals surface area contributed by atoms with Crippen molar-refractivity contribution in [3.63, 3.8) is 0 Å². The van der Waals surface area contributed by atoms with E-state index in [0.29, 0.717) is 49.8 Å². The van der Waals surface area contributed by atoms with Crippen LogP contribution in [0.1, 0.15) is 29.9 Å². The summed E-state index contributed by atoms with van der Waals surface area (Å²) >= 11 is 0. The van der Waals surface area contributed by atoms with Crippen molar-refractivity contribution in [3.8, 4) is 0 Å². The number of carbonyl (C=O) groups is 1. The fourth-order valence-corrected chi connectivity index (χ4v) is 3.68. The summed E-state index contributed by atoms with van der Waals surface area (Å²) < 4.78 is 18.9. The lowest BCUT2D eigenvalue weighted by Crippen LogP contribution is -2.49. The second-order valence-electron chi connectivity index (χ2n) is 7.53. The maximum atomic E-state index is 13.3. The van der Waals surface area contributed by atoms with Crippen LogP contribution in [0.25, 0.3) is 11.2 Å². The second-order valence-corrected chi connectivity index (χ2v) is 7.53. The molecule has 3 aromatic rings. The van der Waals surface area contributed by atoms with Crippen molar-refractivity contribution < 1.29 is 13.6 Å². The first-order chi connectivity index (χ1) is 13.7. The first-order valence-corrected chi connectivity index (χ1v) is 9.69. The zero-order valence-electron chi connectivity index (χ0n) is 15.5. The normalized spacial score (nSPS) is 17.3. The van der Waals surface area contributed by atoms with E-state index in [-0.39, 0.29) is 5.91 Å². The number of aromatic nitrogens is 2. The predicted molar refractivity (Wildman–Crippen MR) is 103 cm³/mol. The van der Waals surface area contributed by atoms with Crippen molar-refractivity contribution in [2.24, 2.45) is 0 Å². The molecule has 7 heteroatoms. The molecule has 3 heterocycles. The third-order valence-corrected chi connectivity index (χ3v) is 5.49. The van der Waals surface area contributed by atoms with Gasteiger partial charge in [-0.05, 0) is 29.9 Å². The molecule has 1 aromatic carbocycles. The van der Waals surface area contributed by atoms with Crippen molar-refractivity contribution in [1.82, 2.24) is 14.9 Å². The predicted octanol–water partition coefficient (Wildman–Crippen LogP) is 3.13. The fraction of sp³-hybridized carbons (Fsp3) is 0.381. The number of amides is 1. The van der Waals surface area contributed by atoms with Crippen LogP contribution in [0.3, 0.4) is 0 Å². The zero-order chi connectivity index (χ0) is 19.1. The monoisotopic (exact) mass is 380 g/mol. The number of carbonyl (C=O) groups excluding carboxylic acids is 1. The van der Waals surface area contributed by atoms with Gasteiger partial charge in [0.25, 0.3) is 6.01 Å². The molecule has 1 saturated heterocycles. The Morgan fingerprint density at radius 2 is 1.89 bits per heavy atom. The third kappa shape index (κ3) is 3.44. The second kappa shape index (κ2) is 6.89. The van der Waals surface area contributed by atoms with E-state index in [0.717, 1.165) is 17.7 Å². The highest BCUT2D eigenvalue weighted by atomic mass is 19.1. The van der Waals surface area contributed by atoms with Crippen molar-refractivity contribution in [1.29, 1.82) is 0 Å². The van der Waals surface area contributed by atoms with Gasteiger partial charge in [-0.3, -0.25) is 4.79 Å². The molecule has 1 amide bonds. The van der Waals surface area contributed by atoms with Gasteiger partial charge in [0.15, 0.2) is 0 Å². The van der Waals surface area contributed by atoms with E-state index >= 15 is 0 Å². The topological polar surface area (TPSA) is 62.5 Å². The third-order valence-electron chi connectivity index (χ3n) is 5.49. The summed E-state index contributed by atoms with van der Waals surface area (Å²) in [5, 5.41) is 0. The van der Waals surface area contributed by atoms with E-state index in [1.54, 1.807) is 0 Å². The molecular weight excluding hydrogens is 359 g/mol. The molecule has 0 spiro atoms. The Morgan fingerprint density at radius 1 is 1.14 bits per heavy atom. The summed E-state index contributed by atoms with van der Waals surface area (Å²) in [4.78, 5) is 24.7. The quantitative estimate of drug-likeness (QED) is 0.696. The molecule has 144 valence electrons. The van der Waals surface area contributed by atoms with Crippen molar-refractivity contribution in [2.75, 3.05) is 31.1 Å². The van der Waals surface area contributed by atoms with Crippen LogP contribution in [0.4, 0.5) is 10.4 Å². The van der Waals surface area contributed by atoms with E-state index in [1.807, 2.05) is 9.80 Å². The number of nitrogens with zero attached hydrogens (tertiary/aromatic N) is 4. The summed E-state index contributed by atoms with van der Waals surface area (Å²) in [5.41, 5.74) is 3.18.